The van der Waals surface area contributed by atoms with E-state index in [2.05, 4.69) is 57.9 Å². The third-order valence-electron chi connectivity index (χ3n) is 6.86. The molecule has 4 aliphatic carbocycles. The summed E-state index contributed by atoms with van der Waals surface area (Å²) in [6.07, 6.45) is 14.1. The highest BCUT2D eigenvalue weighted by Crippen LogP contribution is 2.54. The molecule has 0 saturated heterocycles. The second kappa shape index (κ2) is 9.96. The Hall–Kier alpha value is -0.873. The minimum atomic E-state index is -1.65. The first-order valence-electron chi connectivity index (χ1n) is 11.9. The van der Waals surface area contributed by atoms with Gasteiger partial charge in [0, 0.05) is 6.54 Å². The van der Waals surface area contributed by atoms with Crippen LogP contribution in [0.5, 0.6) is 0 Å². The molecule has 1 N–H and O–H groups in total. The Balaban J connectivity index is 1.55. The minimum Gasteiger partial charge on any atom is -0.534 e. The molecule has 4 heteroatoms. The molecule has 4 bridgehead atoms. The molecular formula is C25H44N2OSi. The van der Waals surface area contributed by atoms with E-state index in [4.69, 9.17) is 9.42 Å². The smallest absolute Gasteiger partial charge is 0.243 e. The molecule has 4 aliphatic rings. The number of hydrogen-bond donors (Lipinski definition) is 1. The maximum absolute atomic E-state index is 6.44. The maximum atomic E-state index is 6.44. The summed E-state index contributed by atoms with van der Waals surface area (Å²) in [6.45, 7) is 15.1. The van der Waals surface area contributed by atoms with Gasteiger partial charge in [0.1, 0.15) is 0 Å². The van der Waals surface area contributed by atoms with E-state index in [1.165, 1.54) is 43.3 Å². The first-order chi connectivity index (χ1) is 13.7. The van der Waals surface area contributed by atoms with Crippen LogP contribution in [0.2, 0.25) is 19.6 Å². The third kappa shape index (κ3) is 7.10. The molecule has 29 heavy (non-hydrogen) atoms. The highest BCUT2D eigenvalue weighted by molar-refractivity contribution is 6.71. The van der Waals surface area contributed by atoms with Gasteiger partial charge in [-0.3, -0.25) is 4.99 Å². The Bertz CT molecular complexity index is 612. The molecule has 4 rings (SSSR count). The number of nitrogens with zero attached hydrogens (tertiary/aromatic N) is 1. The molecule has 4 saturated carbocycles. The van der Waals surface area contributed by atoms with Crippen molar-refractivity contribution in [3.8, 4) is 0 Å². The van der Waals surface area contributed by atoms with Gasteiger partial charge in [0.25, 0.3) is 0 Å². The monoisotopic (exact) mass is 416 g/mol. The van der Waals surface area contributed by atoms with E-state index in [-0.39, 0.29) is 0 Å². The highest BCUT2D eigenvalue weighted by atomic mass is 28.4. The van der Waals surface area contributed by atoms with Gasteiger partial charge in [0.2, 0.25) is 8.32 Å². The fraction of sp³-hybridized carbons (Fsp3) is 0.800. The number of nitrogens with one attached hydrogen (secondary N) is 1. The van der Waals surface area contributed by atoms with Gasteiger partial charge in [-0.15, -0.1) is 0 Å². The first kappa shape index (κ1) is 22.8. The molecule has 0 aromatic heterocycles. The molecule has 4 fully saturated rings. The molecule has 0 atom stereocenters. The molecule has 164 valence electrons. The van der Waals surface area contributed by atoms with Crippen molar-refractivity contribution in [3.05, 3.63) is 23.3 Å². The van der Waals surface area contributed by atoms with Crippen molar-refractivity contribution >= 4 is 14.2 Å². The van der Waals surface area contributed by atoms with Crippen LogP contribution >= 0.6 is 0 Å². The van der Waals surface area contributed by atoms with Crippen LogP contribution in [0.15, 0.2) is 28.3 Å². The highest BCUT2D eigenvalue weighted by Gasteiger charge is 2.48. The van der Waals surface area contributed by atoms with Gasteiger partial charge < -0.3 is 9.74 Å². The van der Waals surface area contributed by atoms with Crippen molar-refractivity contribution < 1.29 is 4.43 Å². The van der Waals surface area contributed by atoms with E-state index >= 15 is 0 Å². The van der Waals surface area contributed by atoms with Gasteiger partial charge in [0.05, 0.1) is 12.6 Å². The summed E-state index contributed by atoms with van der Waals surface area (Å²) in [5, 5.41) is 3.59. The summed E-state index contributed by atoms with van der Waals surface area (Å²) in [6, 6.07) is 0.525. The average Bonchev–Trinajstić information content (AvgIpc) is 2.59. The van der Waals surface area contributed by atoms with E-state index in [9.17, 15) is 0 Å². The van der Waals surface area contributed by atoms with E-state index < -0.39 is 8.32 Å². The molecule has 0 aromatic rings. The van der Waals surface area contributed by atoms with Crippen LogP contribution in [0.3, 0.4) is 0 Å². The van der Waals surface area contributed by atoms with Crippen LogP contribution in [0.1, 0.15) is 65.7 Å². The maximum Gasteiger partial charge on any atom is 0.243 e. The van der Waals surface area contributed by atoms with Gasteiger partial charge in [-0.1, -0.05) is 23.3 Å². The van der Waals surface area contributed by atoms with Crippen molar-refractivity contribution in [2.45, 2.75) is 91.4 Å². The largest absolute Gasteiger partial charge is 0.534 e. The van der Waals surface area contributed by atoms with Crippen molar-refractivity contribution in [2.24, 2.45) is 28.7 Å². The predicted octanol–water partition coefficient (Wildman–Crippen LogP) is 6.34. The third-order valence-corrected chi connectivity index (χ3v) is 7.70. The molecule has 0 heterocycles. The zero-order chi connectivity index (χ0) is 21.0. The van der Waals surface area contributed by atoms with Crippen LogP contribution in [0, 0.1) is 23.7 Å². The number of allylic oxidation sites excluding steroid dienone is 3. The normalized spacial score (nSPS) is 31.9. The predicted molar refractivity (Wildman–Crippen MR) is 128 cm³/mol. The Morgan fingerprint density at radius 2 is 1.59 bits per heavy atom. The SMILES string of the molecule is CC(C)=CCC/C(C)=C/CNCC(=NC1C2CC3CC(C2)CC1C3)O[Si](C)(C)C. The van der Waals surface area contributed by atoms with E-state index in [0.717, 1.165) is 55.5 Å². The molecule has 0 spiro atoms. The van der Waals surface area contributed by atoms with Gasteiger partial charge in [-0.05, 0) is 109 Å². The zero-order valence-corrected chi connectivity index (χ0v) is 20.8. The Morgan fingerprint density at radius 3 is 2.14 bits per heavy atom. The minimum absolute atomic E-state index is 0.525. The number of rotatable bonds is 9. The summed E-state index contributed by atoms with van der Waals surface area (Å²) in [7, 11) is -1.65. The molecule has 0 amide bonds. The van der Waals surface area contributed by atoms with Crippen LogP contribution in [-0.4, -0.2) is 33.3 Å². The fourth-order valence-electron chi connectivity index (χ4n) is 5.85. The van der Waals surface area contributed by atoms with Crippen LogP contribution in [-0.2, 0) is 4.43 Å². The topological polar surface area (TPSA) is 33.6 Å². The summed E-state index contributed by atoms with van der Waals surface area (Å²) in [5.41, 5.74) is 2.87. The van der Waals surface area contributed by atoms with E-state index in [1.807, 2.05) is 0 Å². The van der Waals surface area contributed by atoms with Crippen molar-refractivity contribution in [2.75, 3.05) is 13.1 Å². The van der Waals surface area contributed by atoms with Crippen molar-refractivity contribution in [3.63, 3.8) is 0 Å². The van der Waals surface area contributed by atoms with E-state index in [0.29, 0.717) is 6.04 Å². The molecular weight excluding hydrogens is 372 g/mol. The van der Waals surface area contributed by atoms with Gasteiger partial charge >= 0.3 is 0 Å². The summed E-state index contributed by atoms with van der Waals surface area (Å²) in [5.74, 6) is 4.63. The summed E-state index contributed by atoms with van der Waals surface area (Å²) >= 11 is 0. The van der Waals surface area contributed by atoms with Gasteiger partial charge in [-0.25, -0.2) is 0 Å². The Labute approximate surface area is 180 Å². The van der Waals surface area contributed by atoms with Gasteiger partial charge in [0.15, 0.2) is 5.90 Å². The molecule has 3 nitrogen and oxygen atoms in total. The number of hydrogen-bond acceptors (Lipinski definition) is 3. The lowest BCUT2D eigenvalue weighted by atomic mass is 9.54. The van der Waals surface area contributed by atoms with Crippen LogP contribution in [0.25, 0.3) is 0 Å². The first-order valence-corrected chi connectivity index (χ1v) is 15.4. The molecule has 0 aromatic carbocycles. The lowest BCUT2D eigenvalue weighted by Gasteiger charge is -2.53. The van der Waals surface area contributed by atoms with Crippen LogP contribution < -0.4 is 5.32 Å². The lowest BCUT2D eigenvalue weighted by molar-refractivity contribution is 0.000713. The number of aliphatic imine (C=N–C) groups is 1. The van der Waals surface area contributed by atoms with Crippen LogP contribution in [0.4, 0.5) is 0 Å². The second-order valence-electron chi connectivity index (χ2n) is 11.2. The molecule has 0 aliphatic heterocycles. The van der Waals surface area contributed by atoms with E-state index in [1.54, 1.807) is 0 Å². The quantitative estimate of drug-likeness (QED) is 0.156. The Morgan fingerprint density at radius 1 is 0.966 bits per heavy atom. The average molecular weight is 417 g/mol. The lowest BCUT2D eigenvalue weighted by Crippen LogP contribution is -2.48. The Kier molecular flexibility index (Phi) is 7.83. The van der Waals surface area contributed by atoms with Crippen molar-refractivity contribution in [1.82, 2.24) is 5.32 Å². The standard InChI is InChI=1S/C25H44N2OSi/c1-18(2)8-7-9-19(3)10-11-26-17-24(28-29(4,5)6)27-25-22-13-20-12-21(15-22)16-23(25)14-20/h8,10,20-23,25-26H,7,9,11-17H2,1-6H3/b19-10+,27-24?. The zero-order valence-electron chi connectivity index (χ0n) is 19.8. The molecule has 0 unspecified atom stereocenters. The van der Waals surface area contributed by atoms with Gasteiger partial charge in [-0.2, -0.15) is 0 Å². The molecule has 0 radical (unpaired) electrons. The van der Waals surface area contributed by atoms with Crippen molar-refractivity contribution in [1.29, 1.82) is 0 Å². The summed E-state index contributed by atoms with van der Waals surface area (Å²) < 4.78 is 6.44. The summed E-state index contributed by atoms with van der Waals surface area (Å²) in [4.78, 5) is 5.28. The second-order valence-corrected chi connectivity index (χ2v) is 15.6. The fourth-order valence-corrected chi connectivity index (χ4v) is 6.68.